The quantitative estimate of drug-likeness (QED) is 0.379. The molecule has 0 radical (unpaired) electrons. The zero-order chi connectivity index (χ0) is 5.91. The second-order valence-corrected chi connectivity index (χ2v) is 1.51. The molecule has 3 nitrogen and oxygen atoms in total. The van der Waals surface area contributed by atoms with Crippen LogP contribution in [0.3, 0.4) is 0 Å². The molecule has 3 heteroatoms. The fourth-order valence-electron chi connectivity index (χ4n) is 0.0481. The van der Waals surface area contributed by atoms with Crippen LogP contribution in [-0.2, 0) is 9.53 Å². The lowest BCUT2D eigenvalue weighted by atomic mass is 10.3. The molecular weight excluding hydrogens is 94.0 g/mol. The number of hydrogen-bond donors (Lipinski definition) is 1. The summed E-state index contributed by atoms with van der Waals surface area (Å²) in [6.07, 6.45) is 0.549. The summed E-state index contributed by atoms with van der Waals surface area (Å²) in [6.45, 7) is 1.49. The summed E-state index contributed by atoms with van der Waals surface area (Å²) in [5.74, 6) is 0. The van der Waals surface area contributed by atoms with E-state index in [1.54, 1.807) is 0 Å². The van der Waals surface area contributed by atoms with Gasteiger partial charge in [-0.15, -0.1) is 0 Å². The molecule has 0 rings (SSSR count). The van der Waals surface area contributed by atoms with Crippen molar-refractivity contribution in [3.63, 3.8) is 0 Å². The molecule has 2 N–H and O–H groups in total. The predicted octanol–water partition coefficient (Wildman–Crippen LogP) is -0.493. The SMILES string of the molecule is CO[C@@](C)(N)C=O. The highest BCUT2D eigenvalue weighted by Gasteiger charge is 2.12. The second-order valence-electron chi connectivity index (χ2n) is 1.51. The highest BCUT2D eigenvalue weighted by molar-refractivity contribution is 5.60. The van der Waals surface area contributed by atoms with Crippen molar-refractivity contribution in [3.8, 4) is 0 Å². The molecule has 0 unspecified atom stereocenters. The Bertz CT molecular complexity index is 70.1. The lowest BCUT2D eigenvalue weighted by Crippen LogP contribution is -2.39. The van der Waals surface area contributed by atoms with Crippen molar-refractivity contribution < 1.29 is 9.53 Å². The van der Waals surface area contributed by atoms with Crippen molar-refractivity contribution in [2.24, 2.45) is 5.73 Å². The molecule has 0 heterocycles. The highest BCUT2D eigenvalue weighted by atomic mass is 16.5. The summed E-state index contributed by atoms with van der Waals surface area (Å²) in [5.41, 5.74) is 4.03. The van der Waals surface area contributed by atoms with Crippen molar-refractivity contribution in [2.45, 2.75) is 12.6 Å². The fraction of sp³-hybridized carbons (Fsp3) is 0.750. The molecular formula is C4H9NO2. The smallest absolute Gasteiger partial charge is 0.169 e. The highest BCUT2D eigenvalue weighted by Crippen LogP contribution is 1.90. The Labute approximate surface area is 42.4 Å². The van der Waals surface area contributed by atoms with E-state index in [4.69, 9.17) is 5.73 Å². The molecule has 0 fully saturated rings. The number of nitrogens with two attached hydrogens (primary N) is 1. The van der Waals surface area contributed by atoms with E-state index in [9.17, 15) is 4.79 Å². The van der Waals surface area contributed by atoms with Gasteiger partial charge in [-0.25, -0.2) is 0 Å². The minimum Gasteiger partial charge on any atom is -0.357 e. The first-order valence-corrected chi connectivity index (χ1v) is 1.93. The second kappa shape index (κ2) is 2.04. The number of rotatable bonds is 2. The third-order valence-electron chi connectivity index (χ3n) is 0.674. The average Bonchev–Trinajstić information content (AvgIpc) is 1.68. The first-order chi connectivity index (χ1) is 3.12. The van der Waals surface area contributed by atoms with Crippen molar-refractivity contribution in [1.29, 1.82) is 0 Å². The molecule has 0 spiro atoms. The van der Waals surface area contributed by atoms with Crippen LogP contribution < -0.4 is 5.73 Å². The Hall–Kier alpha value is -0.410. The molecule has 1 atom stereocenters. The Balaban J connectivity index is 3.58. The monoisotopic (exact) mass is 103 g/mol. The largest absolute Gasteiger partial charge is 0.357 e. The van der Waals surface area contributed by atoms with Crippen LogP contribution in [0.15, 0.2) is 0 Å². The zero-order valence-electron chi connectivity index (χ0n) is 4.47. The summed E-state index contributed by atoms with van der Waals surface area (Å²) in [4.78, 5) is 9.81. The van der Waals surface area contributed by atoms with Crippen molar-refractivity contribution >= 4 is 6.29 Å². The maximum atomic E-state index is 9.81. The van der Waals surface area contributed by atoms with Gasteiger partial charge in [-0.05, 0) is 6.92 Å². The number of aldehydes is 1. The third kappa shape index (κ3) is 2.31. The van der Waals surface area contributed by atoms with Gasteiger partial charge < -0.3 is 4.74 Å². The van der Waals surface area contributed by atoms with E-state index in [0.717, 1.165) is 0 Å². The maximum Gasteiger partial charge on any atom is 0.169 e. The molecule has 0 saturated heterocycles. The normalized spacial score (nSPS) is 18.1. The molecule has 0 aliphatic rings. The number of hydrogen-bond acceptors (Lipinski definition) is 3. The average molecular weight is 103 g/mol. The van der Waals surface area contributed by atoms with Gasteiger partial charge in [-0.2, -0.15) is 0 Å². The van der Waals surface area contributed by atoms with Gasteiger partial charge in [0.25, 0.3) is 0 Å². The summed E-state index contributed by atoms with van der Waals surface area (Å²) in [7, 11) is 1.38. The zero-order valence-corrected chi connectivity index (χ0v) is 4.47. The lowest BCUT2D eigenvalue weighted by molar-refractivity contribution is -0.125. The molecule has 0 bridgehead atoms. The predicted molar refractivity (Wildman–Crippen MR) is 25.7 cm³/mol. The van der Waals surface area contributed by atoms with E-state index in [2.05, 4.69) is 4.74 Å². The molecule has 0 aromatic rings. The van der Waals surface area contributed by atoms with Gasteiger partial charge in [0.05, 0.1) is 0 Å². The van der Waals surface area contributed by atoms with Gasteiger partial charge in [-0.3, -0.25) is 10.5 Å². The van der Waals surface area contributed by atoms with Gasteiger partial charge in [0.15, 0.2) is 12.0 Å². The van der Waals surface area contributed by atoms with Crippen LogP contribution in [0.2, 0.25) is 0 Å². The molecule has 0 aliphatic heterocycles. The molecule has 0 aromatic carbocycles. The molecule has 0 saturated carbocycles. The van der Waals surface area contributed by atoms with Crippen molar-refractivity contribution in [2.75, 3.05) is 7.11 Å². The van der Waals surface area contributed by atoms with Crippen LogP contribution >= 0.6 is 0 Å². The molecule has 7 heavy (non-hydrogen) atoms. The first kappa shape index (κ1) is 6.59. The van der Waals surface area contributed by atoms with Gasteiger partial charge in [0.1, 0.15) is 0 Å². The molecule has 0 aliphatic carbocycles. The summed E-state index contributed by atoms with van der Waals surface area (Å²) < 4.78 is 4.50. The minimum absolute atomic E-state index is 0.549. The van der Waals surface area contributed by atoms with Gasteiger partial charge in [0, 0.05) is 7.11 Å². The van der Waals surface area contributed by atoms with Crippen LogP contribution in [0.5, 0.6) is 0 Å². The van der Waals surface area contributed by atoms with Crippen molar-refractivity contribution in [1.82, 2.24) is 0 Å². The van der Waals surface area contributed by atoms with E-state index in [-0.39, 0.29) is 0 Å². The topological polar surface area (TPSA) is 52.3 Å². The maximum absolute atomic E-state index is 9.81. The standard InChI is InChI=1S/C4H9NO2/c1-4(5,3-6)7-2/h3H,5H2,1-2H3/t4-/m1/s1. The van der Waals surface area contributed by atoms with E-state index in [0.29, 0.717) is 6.29 Å². The Morgan fingerprint density at radius 1 is 1.86 bits per heavy atom. The van der Waals surface area contributed by atoms with Crippen molar-refractivity contribution in [3.05, 3.63) is 0 Å². The summed E-state index contributed by atoms with van der Waals surface area (Å²) >= 11 is 0. The van der Waals surface area contributed by atoms with Gasteiger partial charge in [-0.1, -0.05) is 0 Å². The fourth-order valence-corrected chi connectivity index (χ4v) is 0.0481. The number of ether oxygens (including phenoxy) is 1. The van der Waals surface area contributed by atoms with Gasteiger partial charge >= 0.3 is 0 Å². The van der Waals surface area contributed by atoms with E-state index in [1.165, 1.54) is 14.0 Å². The molecule has 0 amide bonds. The Morgan fingerprint density at radius 3 is 2.29 bits per heavy atom. The summed E-state index contributed by atoms with van der Waals surface area (Å²) in [6, 6.07) is 0. The van der Waals surface area contributed by atoms with Crippen LogP contribution in [0.4, 0.5) is 0 Å². The van der Waals surface area contributed by atoms with E-state index >= 15 is 0 Å². The minimum atomic E-state index is -1.10. The number of carbonyl (C=O) groups excluding carboxylic acids is 1. The van der Waals surface area contributed by atoms with Crippen LogP contribution in [0.1, 0.15) is 6.92 Å². The van der Waals surface area contributed by atoms with Crippen LogP contribution in [0.25, 0.3) is 0 Å². The van der Waals surface area contributed by atoms with Crippen LogP contribution in [0, 0.1) is 0 Å². The number of methoxy groups -OCH3 is 1. The number of carbonyl (C=O) groups is 1. The lowest BCUT2D eigenvalue weighted by Gasteiger charge is -2.12. The molecule has 42 valence electrons. The molecule has 0 aromatic heterocycles. The Kier molecular flexibility index (Phi) is 1.92. The summed E-state index contributed by atoms with van der Waals surface area (Å²) in [5, 5.41) is 0. The van der Waals surface area contributed by atoms with Crippen LogP contribution in [-0.4, -0.2) is 19.1 Å². The Morgan fingerprint density at radius 2 is 2.29 bits per heavy atom. The third-order valence-corrected chi connectivity index (χ3v) is 0.674. The van der Waals surface area contributed by atoms with E-state index in [1.807, 2.05) is 0 Å². The first-order valence-electron chi connectivity index (χ1n) is 1.93. The van der Waals surface area contributed by atoms with E-state index < -0.39 is 5.72 Å². The van der Waals surface area contributed by atoms with Gasteiger partial charge in [0.2, 0.25) is 0 Å².